The van der Waals surface area contributed by atoms with Crippen molar-refractivity contribution in [3.05, 3.63) is 23.3 Å². The van der Waals surface area contributed by atoms with Crippen molar-refractivity contribution >= 4 is 17.9 Å². The van der Waals surface area contributed by atoms with Crippen molar-refractivity contribution in [1.82, 2.24) is 0 Å². The molecule has 0 aromatic carbocycles. The predicted octanol–water partition coefficient (Wildman–Crippen LogP) is 0.346. The van der Waals surface area contributed by atoms with Gasteiger partial charge < -0.3 is 94.1 Å². The first-order chi connectivity index (χ1) is 35.4. The molecule has 7 fully saturated rings. The van der Waals surface area contributed by atoms with Gasteiger partial charge in [0.05, 0.1) is 37.4 Å². The molecule has 0 aromatic rings. The third-order valence-corrected chi connectivity index (χ3v) is 20.6. The topological polar surface area (TPSA) is 348 Å². The first-order valence-electron chi connectivity index (χ1n) is 26.9. The molecule has 0 amide bonds. The van der Waals surface area contributed by atoms with Gasteiger partial charge in [0, 0.05) is 17.9 Å². The minimum absolute atomic E-state index is 0.0355. The summed E-state index contributed by atoms with van der Waals surface area (Å²) in [6.07, 6.45) is -21.6. The average molecular weight is 1090 g/mol. The highest BCUT2D eigenvalue weighted by atomic mass is 16.8. The van der Waals surface area contributed by atoms with E-state index >= 15 is 0 Å². The number of allylic oxidation sites excluding steroid dienone is 3. The molecule has 76 heavy (non-hydrogen) atoms. The number of aliphatic carboxylic acids is 1. The average Bonchev–Trinajstić information content (AvgIpc) is 3.65. The van der Waals surface area contributed by atoms with Crippen molar-refractivity contribution in [3.63, 3.8) is 0 Å². The zero-order valence-electron chi connectivity index (χ0n) is 45.3. The van der Waals surface area contributed by atoms with Gasteiger partial charge in [-0.25, -0.2) is 9.59 Å². The lowest BCUT2D eigenvalue weighted by atomic mass is 9.33. The monoisotopic (exact) mass is 1080 g/mol. The molecule has 0 unspecified atom stereocenters. The fraction of sp³-hybridized carbons (Fsp3) is 0.870. The summed E-state index contributed by atoms with van der Waals surface area (Å²) in [5, 5.41) is 120. The molecule has 11 N–H and O–H groups in total. The molecule has 4 saturated carbocycles. The van der Waals surface area contributed by atoms with E-state index in [1.165, 1.54) is 6.92 Å². The molecule has 22 nitrogen and oxygen atoms in total. The second-order valence-corrected chi connectivity index (χ2v) is 25.2. The molecule has 0 spiro atoms. The fourth-order valence-electron chi connectivity index (χ4n) is 16.0. The lowest BCUT2D eigenvalue weighted by Crippen LogP contribution is -2.72. The second-order valence-electron chi connectivity index (χ2n) is 25.2. The highest BCUT2D eigenvalue weighted by Crippen LogP contribution is 2.76. The van der Waals surface area contributed by atoms with Gasteiger partial charge in [-0.15, -0.1) is 0 Å². The number of aliphatic hydroxyl groups excluding tert-OH is 10. The molecule has 0 radical (unpaired) electrons. The van der Waals surface area contributed by atoms with Gasteiger partial charge in [0.1, 0.15) is 73.2 Å². The van der Waals surface area contributed by atoms with Crippen LogP contribution in [0.25, 0.3) is 0 Å². The minimum Gasteiger partial charge on any atom is -0.479 e. The Hall–Kier alpha value is -2.75. The maximum Gasteiger partial charge on any atom is 0.335 e. The second kappa shape index (κ2) is 21.3. The smallest absolute Gasteiger partial charge is 0.335 e. The van der Waals surface area contributed by atoms with Crippen molar-refractivity contribution in [2.75, 3.05) is 19.8 Å². The van der Waals surface area contributed by atoms with Crippen LogP contribution in [0, 0.1) is 50.2 Å². The van der Waals surface area contributed by atoms with E-state index in [2.05, 4.69) is 40.7 Å². The molecule has 0 aromatic heterocycles. The van der Waals surface area contributed by atoms with E-state index in [1.807, 2.05) is 13.8 Å². The maximum absolute atomic E-state index is 13.4. The summed E-state index contributed by atoms with van der Waals surface area (Å²) >= 11 is 0. The van der Waals surface area contributed by atoms with Crippen molar-refractivity contribution < 1.29 is 108 Å². The van der Waals surface area contributed by atoms with Gasteiger partial charge in [0.25, 0.3) is 0 Å². The number of carboxylic acid groups (broad SMARTS) is 1. The Morgan fingerprint density at radius 1 is 0.684 bits per heavy atom. The zero-order chi connectivity index (χ0) is 56.2. The van der Waals surface area contributed by atoms with Gasteiger partial charge in [0.15, 0.2) is 25.0 Å². The van der Waals surface area contributed by atoms with Crippen molar-refractivity contribution in [2.45, 2.75) is 225 Å². The largest absolute Gasteiger partial charge is 0.479 e. The Morgan fingerprint density at radius 3 is 1.84 bits per heavy atom. The number of esters is 2. The van der Waals surface area contributed by atoms with E-state index in [9.17, 15) is 70.6 Å². The lowest BCUT2D eigenvalue weighted by Gasteiger charge is -2.72. The quantitative estimate of drug-likeness (QED) is 0.0513. The van der Waals surface area contributed by atoms with Crippen LogP contribution in [0.5, 0.6) is 0 Å². The molecule has 0 bridgehead atoms. The first-order valence-corrected chi connectivity index (χ1v) is 26.9. The van der Waals surface area contributed by atoms with Crippen LogP contribution in [0.3, 0.4) is 0 Å². The third kappa shape index (κ3) is 9.32. The fourth-order valence-corrected chi connectivity index (χ4v) is 16.0. The van der Waals surface area contributed by atoms with E-state index in [1.54, 1.807) is 19.9 Å². The normalized spacial score (nSPS) is 49.8. The molecule has 3 aliphatic heterocycles. The van der Waals surface area contributed by atoms with Gasteiger partial charge in [0.2, 0.25) is 0 Å². The molecule has 8 aliphatic rings. The summed E-state index contributed by atoms with van der Waals surface area (Å²) in [6.45, 7) is 17.3. The summed E-state index contributed by atoms with van der Waals surface area (Å²) < 4.78 is 48.8. The summed E-state index contributed by atoms with van der Waals surface area (Å²) in [5.41, 5.74) is -2.88. The number of rotatable bonds is 13. The number of fused-ring (bicyclic) bond motifs is 7. The first kappa shape index (κ1) is 59.4. The van der Waals surface area contributed by atoms with Gasteiger partial charge in [-0.1, -0.05) is 66.2 Å². The number of carbonyl (C=O) groups excluding carboxylic acids is 2. The van der Waals surface area contributed by atoms with Crippen molar-refractivity contribution in [2.24, 2.45) is 50.2 Å². The SMILES string of the molecule is C/C=C(\C)C(=O)O[C@H]1[C@H](OC(C)=O)[C@]2(CO)[C@H](O)C[C@]3(C)C(=CC[C@@H]4[C@@]5(C)CC[C@H](O[C@@H]6O[C@H](C(=O)O)[C@@H](O)[C@H](O[C@@H]7O[C@@H](CO)[C@H](O)[C@H]7O)[C@H]6O[C@@H]6O[C@H](CO)[C@@H](O)[C@H](O)[C@H]6O)C(C)(C)[C@@H]5CC[C@]43C)[C@@H]2CC1(C)C. The van der Waals surface area contributed by atoms with Crippen LogP contribution in [-0.4, -0.2) is 204 Å². The van der Waals surface area contributed by atoms with Gasteiger partial charge in [-0.05, 0) is 98.2 Å². The Bertz CT molecular complexity index is 2220. The van der Waals surface area contributed by atoms with Crippen LogP contribution in [0.15, 0.2) is 23.3 Å². The molecule has 3 heterocycles. The lowest BCUT2D eigenvalue weighted by molar-refractivity contribution is -0.386. The molecule has 25 atom stereocenters. The molecule has 8 rings (SSSR count). The van der Waals surface area contributed by atoms with Crippen LogP contribution in [0.4, 0.5) is 0 Å². The Morgan fingerprint density at radius 2 is 1.28 bits per heavy atom. The highest BCUT2D eigenvalue weighted by Gasteiger charge is 2.74. The summed E-state index contributed by atoms with van der Waals surface area (Å²) in [5.74, 6) is -3.33. The number of carboxylic acids is 1. The van der Waals surface area contributed by atoms with Crippen molar-refractivity contribution in [1.29, 1.82) is 0 Å². The molecule has 3 saturated heterocycles. The molecule has 5 aliphatic carbocycles. The van der Waals surface area contributed by atoms with E-state index in [0.29, 0.717) is 44.1 Å². The predicted molar refractivity (Wildman–Crippen MR) is 262 cm³/mol. The van der Waals surface area contributed by atoms with Gasteiger partial charge in [-0.3, -0.25) is 4.79 Å². The van der Waals surface area contributed by atoms with E-state index in [4.69, 9.17) is 37.9 Å². The van der Waals surface area contributed by atoms with E-state index in [0.717, 1.165) is 5.57 Å². The van der Waals surface area contributed by atoms with Crippen molar-refractivity contribution in [3.8, 4) is 0 Å². The molecule has 22 heteroatoms. The van der Waals surface area contributed by atoms with Crippen LogP contribution in [0.1, 0.15) is 114 Å². The number of hydrogen-bond donors (Lipinski definition) is 11. The third-order valence-electron chi connectivity index (χ3n) is 20.6. The summed E-state index contributed by atoms with van der Waals surface area (Å²) in [6, 6.07) is 0. The maximum atomic E-state index is 13.4. The Balaban J connectivity index is 1.12. The number of ether oxygens (including phenoxy) is 8. The highest BCUT2D eigenvalue weighted by molar-refractivity contribution is 5.87. The molecule has 432 valence electrons. The number of aliphatic hydroxyl groups is 10. The van der Waals surface area contributed by atoms with Gasteiger partial charge >= 0.3 is 17.9 Å². The minimum atomic E-state index is -2.10. The van der Waals surface area contributed by atoms with E-state index < -0.39 is 181 Å². The standard InChI is InChI=1S/C54H84O22/c1-11-23(2)45(68)76-42-43(69-24(3)58)54(22-57)26(18-49(42,4)5)25-12-13-30-51(8)16-15-32(50(6,7)29(51)14-17-52(30,9)53(25,10)19-31(54)59)72-48-41(75-47-37(64)35(62)33(60)27(20-55)70-47)39(38(65)40(74-48)44(66)67)73-46-36(63)34(61)28(21-56)71-46/h11-12,26-43,46-48,55-57,59-65H,13-22H2,1-10H3,(H,66,67)/b23-11+/t26-,27+,28-,29-,30+,31+,32-,33+,34-,35-,36+,37+,38-,39-,40-,41+,42-,43-,46-,47-,48+,51-,52+,53+,54-/m0/s1. The Labute approximate surface area is 443 Å². The van der Waals surface area contributed by atoms with E-state index in [-0.39, 0.29) is 23.7 Å². The molecular formula is C54H84O22. The molecular weight excluding hydrogens is 1000 g/mol. The van der Waals surface area contributed by atoms with Crippen LogP contribution in [0.2, 0.25) is 0 Å². The van der Waals surface area contributed by atoms with Crippen LogP contribution >= 0.6 is 0 Å². The van der Waals surface area contributed by atoms with Crippen LogP contribution in [-0.2, 0) is 52.3 Å². The Kier molecular flexibility index (Phi) is 16.6. The summed E-state index contributed by atoms with van der Waals surface area (Å²) in [7, 11) is 0. The van der Waals surface area contributed by atoms with Gasteiger partial charge in [-0.2, -0.15) is 0 Å². The van der Waals surface area contributed by atoms with Crippen LogP contribution < -0.4 is 0 Å². The zero-order valence-corrected chi connectivity index (χ0v) is 45.3. The number of hydrogen-bond acceptors (Lipinski definition) is 21. The number of carbonyl (C=O) groups is 3. The summed E-state index contributed by atoms with van der Waals surface area (Å²) in [4.78, 5) is 39.2.